The van der Waals surface area contributed by atoms with Crippen LogP contribution in [0.4, 0.5) is 5.13 Å². The highest BCUT2D eigenvalue weighted by molar-refractivity contribution is 7.14. The Morgan fingerprint density at radius 3 is 2.88 bits per heavy atom. The van der Waals surface area contributed by atoms with Crippen LogP contribution in [0.15, 0.2) is 53.1 Å². The number of aromatic nitrogens is 2. The molecule has 2 aromatic heterocycles. The van der Waals surface area contributed by atoms with Crippen molar-refractivity contribution in [3.05, 3.63) is 53.1 Å². The lowest BCUT2D eigenvalue weighted by atomic mass is 10.2. The smallest absolute Gasteiger partial charge is 0.197 e. The van der Waals surface area contributed by atoms with Crippen LogP contribution in [-0.4, -0.2) is 29.0 Å². The summed E-state index contributed by atoms with van der Waals surface area (Å²) in [7, 11) is 0. The van der Waals surface area contributed by atoms with Gasteiger partial charge in [-0.25, -0.2) is 4.98 Å². The number of halogens is 1. The zero-order valence-corrected chi connectivity index (χ0v) is 15.3. The third-order valence-electron chi connectivity index (χ3n) is 3.73. The van der Waals surface area contributed by atoms with Crippen LogP contribution in [0, 0.1) is 0 Å². The fourth-order valence-electron chi connectivity index (χ4n) is 2.47. The number of pyridine rings is 1. The van der Waals surface area contributed by atoms with Crippen LogP contribution in [0.25, 0.3) is 11.3 Å². The number of thiazole rings is 1. The molecule has 0 bridgehead atoms. The van der Waals surface area contributed by atoms with Gasteiger partial charge in [0.25, 0.3) is 0 Å². The average molecular weight is 386 g/mol. The molecule has 0 amide bonds. The fourth-order valence-corrected chi connectivity index (χ4v) is 3.31. The SMILES string of the molecule is Clc1ccc(Oc2cnccc2-c2csc(NC3=NCCCN3)n2)cc1. The average Bonchev–Trinajstić information content (AvgIpc) is 3.13. The van der Waals surface area contributed by atoms with E-state index in [4.69, 9.17) is 16.3 Å². The largest absolute Gasteiger partial charge is 0.455 e. The minimum Gasteiger partial charge on any atom is -0.455 e. The van der Waals surface area contributed by atoms with Gasteiger partial charge < -0.3 is 15.4 Å². The van der Waals surface area contributed by atoms with Gasteiger partial charge in [-0.1, -0.05) is 11.6 Å². The molecule has 6 nitrogen and oxygen atoms in total. The molecule has 0 atom stereocenters. The highest BCUT2D eigenvalue weighted by Crippen LogP contribution is 2.34. The van der Waals surface area contributed by atoms with Gasteiger partial charge in [0, 0.05) is 35.3 Å². The number of hydrogen-bond donors (Lipinski definition) is 2. The molecule has 1 aliphatic heterocycles. The van der Waals surface area contributed by atoms with Crippen molar-refractivity contribution in [2.24, 2.45) is 4.99 Å². The normalized spacial score (nSPS) is 13.7. The maximum atomic E-state index is 5.97. The molecule has 0 fully saturated rings. The van der Waals surface area contributed by atoms with Gasteiger partial charge in [-0.15, -0.1) is 11.3 Å². The van der Waals surface area contributed by atoms with Crippen molar-refractivity contribution in [1.82, 2.24) is 15.3 Å². The predicted molar refractivity (Wildman–Crippen MR) is 105 cm³/mol. The minimum atomic E-state index is 0.639. The molecule has 1 aliphatic rings. The first-order chi connectivity index (χ1) is 12.8. The van der Waals surface area contributed by atoms with Crippen LogP contribution in [0.5, 0.6) is 11.5 Å². The summed E-state index contributed by atoms with van der Waals surface area (Å²) in [4.78, 5) is 13.2. The van der Waals surface area contributed by atoms with Crippen LogP contribution in [0.3, 0.4) is 0 Å². The summed E-state index contributed by atoms with van der Waals surface area (Å²) in [6.07, 6.45) is 4.46. The van der Waals surface area contributed by atoms with E-state index in [9.17, 15) is 0 Å². The third-order valence-corrected chi connectivity index (χ3v) is 4.74. The van der Waals surface area contributed by atoms with Gasteiger partial charge >= 0.3 is 0 Å². The molecular formula is C18H16ClN5OS. The highest BCUT2D eigenvalue weighted by atomic mass is 35.5. The molecule has 2 N–H and O–H groups in total. The molecule has 4 rings (SSSR count). The van der Waals surface area contributed by atoms with Crippen LogP contribution in [0.1, 0.15) is 6.42 Å². The minimum absolute atomic E-state index is 0.639. The Hall–Kier alpha value is -2.64. The number of nitrogens with zero attached hydrogens (tertiary/aromatic N) is 3. The van der Waals surface area contributed by atoms with E-state index in [0.29, 0.717) is 16.5 Å². The lowest BCUT2D eigenvalue weighted by Gasteiger charge is -2.14. The Morgan fingerprint density at radius 2 is 2.08 bits per heavy atom. The van der Waals surface area contributed by atoms with Crippen LogP contribution < -0.4 is 15.4 Å². The number of anilines is 1. The number of benzene rings is 1. The molecule has 0 aliphatic carbocycles. The Balaban J connectivity index is 1.56. The van der Waals surface area contributed by atoms with Crippen molar-refractivity contribution in [1.29, 1.82) is 0 Å². The molecule has 132 valence electrons. The van der Waals surface area contributed by atoms with Crippen molar-refractivity contribution in [3.63, 3.8) is 0 Å². The standard InChI is InChI=1S/C18H16ClN5OS/c19-12-2-4-13(5-3-12)25-16-10-20-9-6-14(16)15-11-26-18(23-15)24-17-21-7-1-8-22-17/h2-6,9-11H,1,7-8H2,(H2,21,22,23,24). The number of nitrogens with one attached hydrogen (secondary N) is 2. The summed E-state index contributed by atoms with van der Waals surface area (Å²) < 4.78 is 5.97. The summed E-state index contributed by atoms with van der Waals surface area (Å²) >= 11 is 7.44. The summed E-state index contributed by atoms with van der Waals surface area (Å²) in [6, 6.07) is 9.10. The van der Waals surface area contributed by atoms with Gasteiger partial charge in [0.05, 0.1) is 11.9 Å². The van der Waals surface area contributed by atoms with Crippen LogP contribution in [-0.2, 0) is 0 Å². The van der Waals surface area contributed by atoms with Crippen LogP contribution >= 0.6 is 22.9 Å². The van der Waals surface area contributed by atoms with E-state index in [1.807, 2.05) is 23.6 Å². The van der Waals surface area contributed by atoms with Gasteiger partial charge in [-0.3, -0.25) is 9.98 Å². The number of ether oxygens (including phenoxy) is 1. The molecule has 0 saturated carbocycles. The van der Waals surface area contributed by atoms with Gasteiger partial charge in [0.2, 0.25) is 0 Å². The van der Waals surface area contributed by atoms with Crippen molar-refractivity contribution < 1.29 is 4.74 Å². The van der Waals surface area contributed by atoms with E-state index >= 15 is 0 Å². The Morgan fingerprint density at radius 1 is 1.19 bits per heavy atom. The van der Waals surface area contributed by atoms with E-state index in [2.05, 4.69) is 25.6 Å². The van der Waals surface area contributed by atoms with E-state index in [1.165, 1.54) is 11.3 Å². The van der Waals surface area contributed by atoms with Crippen LogP contribution in [0.2, 0.25) is 5.02 Å². The summed E-state index contributed by atoms with van der Waals surface area (Å²) in [5.74, 6) is 2.10. The quantitative estimate of drug-likeness (QED) is 0.695. The lowest BCUT2D eigenvalue weighted by Crippen LogP contribution is -2.35. The van der Waals surface area contributed by atoms with E-state index < -0.39 is 0 Å². The molecule has 0 unspecified atom stereocenters. The van der Waals surface area contributed by atoms with Crippen molar-refractivity contribution in [2.45, 2.75) is 6.42 Å². The number of hydrogen-bond acceptors (Lipinski definition) is 7. The molecule has 3 aromatic rings. The monoisotopic (exact) mass is 385 g/mol. The van der Waals surface area contributed by atoms with Crippen molar-refractivity contribution >= 4 is 34.0 Å². The molecule has 8 heteroatoms. The number of rotatable bonds is 4. The Bertz CT molecular complexity index is 925. The van der Waals surface area contributed by atoms with E-state index in [1.54, 1.807) is 24.5 Å². The molecule has 0 saturated heterocycles. The van der Waals surface area contributed by atoms with Crippen molar-refractivity contribution in [3.8, 4) is 22.8 Å². The summed E-state index contributed by atoms with van der Waals surface area (Å²) in [6.45, 7) is 1.75. The Labute approximate surface area is 159 Å². The first-order valence-corrected chi connectivity index (χ1v) is 9.42. The van der Waals surface area contributed by atoms with E-state index in [0.717, 1.165) is 41.9 Å². The topological polar surface area (TPSA) is 71.4 Å². The van der Waals surface area contributed by atoms with Crippen molar-refractivity contribution in [2.75, 3.05) is 18.4 Å². The second kappa shape index (κ2) is 7.72. The van der Waals surface area contributed by atoms with Gasteiger partial charge in [-0.05, 0) is 36.8 Å². The first-order valence-electron chi connectivity index (χ1n) is 8.16. The fraction of sp³-hybridized carbons (Fsp3) is 0.167. The zero-order valence-electron chi connectivity index (χ0n) is 13.8. The lowest BCUT2D eigenvalue weighted by molar-refractivity contribution is 0.482. The molecular weight excluding hydrogens is 370 g/mol. The van der Waals surface area contributed by atoms with Gasteiger partial charge in [-0.2, -0.15) is 0 Å². The maximum Gasteiger partial charge on any atom is 0.197 e. The summed E-state index contributed by atoms with van der Waals surface area (Å²) in [5.41, 5.74) is 1.69. The molecule has 3 heterocycles. The molecule has 26 heavy (non-hydrogen) atoms. The van der Waals surface area contributed by atoms with Gasteiger partial charge in [0.15, 0.2) is 16.8 Å². The van der Waals surface area contributed by atoms with Gasteiger partial charge in [0.1, 0.15) is 5.75 Å². The second-order valence-electron chi connectivity index (χ2n) is 5.60. The predicted octanol–water partition coefficient (Wildman–Crippen LogP) is 4.41. The first kappa shape index (κ1) is 16.8. The zero-order chi connectivity index (χ0) is 17.8. The third kappa shape index (κ3) is 3.95. The number of guanidine groups is 1. The number of aliphatic imine (C=N–C) groups is 1. The molecule has 0 spiro atoms. The Kier molecular flexibility index (Phi) is 4.99. The second-order valence-corrected chi connectivity index (χ2v) is 6.90. The van der Waals surface area contributed by atoms with E-state index in [-0.39, 0.29) is 0 Å². The molecule has 0 radical (unpaired) electrons. The maximum absolute atomic E-state index is 5.97. The summed E-state index contributed by atoms with van der Waals surface area (Å²) in [5, 5.41) is 9.87. The molecule has 1 aromatic carbocycles. The highest BCUT2D eigenvalue weighted by Gasteiger charge is 2.13.